The summed E-state index contributed by atoms with van der Waals surface area (Å²) in [5.41, 5.74) is 1.40. The van der Waals surface area contributed by atoms with E-state index in [1.165, 1.54) is 24.8 Å². The third-order valence-corrected chi connectivity index (χ3v) is 3.61. The smallest absolute Gasteiger partial charge is 0.161 e. The Morgan fingerprint density at radius 2 is 1.88 bits per heavy atom. The minimum Gasteiger partial charge on any atom is -0.486 e. The minimum absolute atomic E-state index is 0.666. The third-order valence-electron chi connectivity index (χ3n) is 3.61. The molecule has 17 heavy (non-hydrogen) atoms. The summed E-state index contributed by atoms with van der Waals surface area (Å²) in [6.45, 7) is 3.61. The second-order valence-corrected chi connectivity index (χ2v) is 4.78. The van der Waals surface area contributed by atoms with Crippen molar-refractivity contribution in [3.05, 3.63) is 23.8 Å². The minimum atomic E-state index is 0.666. The predicted molar refractivity (Wildman–Crippen MR) is 66.9 cm³/mol. The first-order valence-electron chi connectivity index (χ1n) is 6.54. The summed E-state index contributed by atoms with van der Waals surface area (Å²) in [4.78, 5) is 0. The van der Waals surface area contributed by atoms with E-state index in [2.05, 4.69) is 23.5 Å². The van der Waals surface area contributed by atoms with Gasteiger partial charge in [-0.1, -0.05) is 6.07 Å². The van der Waals surface area contributed by atoms with Crippen LogP contribution < -0.4 is 14.8 Å². The molecule has 0 saturated carbocycles. The van der Waals surface area contributed by atoms with Crippen LogP contribution in [-0.2, 0) is 0 Å². The maximum atomic E-state index is 5.65. The molecule has 2 aliphatic rings. The van der Waals surface area contributed by atoms with Crippen molar-refractivity contribution < 1.29 is 9.47 Å². The Balaban J connectivity index is 1.82. The molecule has 1 fully saturated rings. The van der Waals surface area contributed by atoms with Crippen LogP contribution in [0.4, 0.5) is 0 Å². The second-order valence-electron chi connectivity index (χ2n) is 4.78. The Morgan fingerprint density at radius 3 is 2.82 bits per heavy atom. The summed E-state index contributed by atoms with van der Waals surface area (Å²) in [7, 11) is 0. The van der Waals surface area contributed by atoms with Crippen LogP contribution in [-0.4, -0.2) is 26.3 Å². The van der Waals surface area contributed by atoms with Gasteiger partial charge in [0.1, 0.15) is 13.2 Å². The van der Waals surface area contributed by atoms with Gasteiger partial charge in [-0.2, -0.15) is 0 Å². The van der Waals surface area contributed by atoms with Gasteiger partial charge in [-0.15, -0.1) is 0 Å². The van der Waals surface area contributed by atoms with Gasteiger partial charge in [0.2, 0.25) is 0 Å². The predicted octanol–water partition coefficient (Wildman–Crippen LogP) is 2.31. The van der Waals surface area contributed by atoms with Gasteiger partial charge in [0, 0.05) is 0 Å². The van der Waals surface area contributed by atoms with Crippen LogP contribution in [0.2, 0.25) is 0 Å². The maximum absolute atomic E-state index is 5.65. The molecule has 3 rings (SSSR count). The zero-order valence-corrected chi connectivity index (χ0v) is 10.1. The van der Waals surface area contributed by atoms with E-state index in [0.717, 1.165) is 24.6 Å². The first-order valence-corrected chi connectivity index (χ1v) is 6.54. The van der Waals surface area contributed by atoms with Crippen molar-refractivity contribution in [1.29, 1.82) is 0 Å². The zero-order chi connectivity index (χ0) is 11.5. The highest BCUT2D eigenvalue weighted by molar-refractivity contribution is 5.44. The lowest BCUT2D eigenvalue weighted by atomic mass is 9.92. The van der Waals surface area contributed by atoms with Crippen molar-refractivity contribution in [2.24, 2.45) is 0 Å². The largest absolute Gasteiger partial charge is 0.486 e. The van der Waals surface area contributed by atoms with Gasteiger partial charge in [-0.25, -0.2) is 0 Å². The molecule has 1 aromatic carbocycles. The summed E-state index contributed by atoms with van der Waals surface area (Å²) in [6.07, 6.45) is 3.76. The van der Waals surface area contributed by atoms with E-state index in [4.69, 9.17) is 9.47 Å². The highest BCUT2D eigenvalue weighted by Gasteiger charge is 2.18. The van der Waals surface area contributed by atoms with Crippen LogP contribution in [0.15, 0.2) is 18.2 Å². The molecule has 0 aliphatic carbocycles. The van der Waals surface area contributed by atoms with Crippen molar-refractivity contribution >= 4 is 0 Å². The van der Waals surface area contributed by atoms with Gasteiger partial charge in [0.25, 0.3) is 0 Å². The van der Waals surface area contributed by atoms with E-state index in [0.29, 0.717) is 19.1 Å². The number of ether oxygens (including phenoxy) is 2. The first-order chi connectivity index (χ1) is 8.43. The van der Waals surface area contributed by atoms with Gasteiger partial charge in [-0.05, 0) is 56.0 Å². The fourth-order valence-corrected chi connectivity index (χ4v) is 2.67. The van der Waals surface area contributed by atoms with Crippen molar-refractivity contribution in [2.75, 3.05) is 26.3 Å². The molecular formula is C14H19NO2. The van der Waals surface area contributed by atoms with Crippen LogP contribution in [0.25, 0.3) is 0 Å². The number of fused-ring (bicyclic) bond motifs is 1. The standard InChI is InChI=1S/C14H19NO2/c1-2-11(5-7-15-6-1)12-3-4-13-14(10-12)17-9-8-16-13/h3-4,10-11,15H,1-2,5-9H2. The van der Waals surface area contributed by atoms with E-state index in [1.54, 1.807) is 0 Å². The zero-order valence-electron chi connectivity index (χ0n) is 10.1. The number of hydrogen-bond donors (Lipinski definition) is 1. The summed E-state index contributed by atoms with van der Waals surface area (Å²) in [6, 6.07) is 6.43. The fourth-order valence-electron chi connectivity index (χ4n) is 2.67. The lowest BCUT2D eigenvalue weighted by molar-refractivity contribution is 0.171. The summed E-state index contributed by atoms with van der Waals surface area (Å²) >= 11 is 0. The van der Waals surface area contributed by atoms with Crippen LogP contribution in [0.3, 0.4) is 0 Å². The second kappa shape index (κ2) is 4.96. The molecule has 1 saturated heterocycles. The maximum Gasteiger partial charge on any atom is 0.161 e. The van der Waals surface area contributed by atoms with Gasteiger partial charge in [-0.3, -0.25) is 0 Å². The van der Waals surface area contributed by atoms with E-state index < -0.39 is 0 Å². The molecule has 1 N–H and O–H groups in total. The Labute approximate surface area is 102 Å². The number of nitrogens with one attached hydrogen (secondary N) is 1. The van der Waals surface area contributed by atoms with Gasteiger partial charge >= 0.3 is 0 Å². The highest BCUT2D eigenvalue weighted by Crippen LogP contribution is 2.35. The normalized spacial score (nSPS) is 24.1. The molecule has 0 bridgehead atoms. The van der Waals surface area contributed by atoms with Crippen molar-refractivity contribution in [3.8, 4) is 11.5 Å². The lowest BCUT2D eigenvalue weighted by Crippen LogP contribution is -2.16. The van der Waals surface area contributed by atoms with Crippen LogP contribution in [0.1, 0.15) is 30.7 Å². The topological polar surface area (TPSA) is 30.5 Å². The van der Waals surface area contributed by atoms with Crippen LogP contribution >= 0.6 is 0 Å². The molecule has 2 aliphatic heterocycles. The summed E-state index contributed by atoms with van der Waals surface area (Å²) < 4.78 is 11.2. The van der Waals surface area contributed by atoms with Crippen molar-refractivity contribution in [1.82, 2.24) is 5.32 Å². The van der Waals surface area contributed by atoms with Crippen LogP contribution in [0, 0.1) is 0 Å². The van der Waals surface area contributed by atoms with E-state index >= 15 is 0 Å². The Hall–Kier alpha value is -1.22. The Bertz CT molecular complexity index is 384. The SMILES string of the molecule is c1cc2c(cc1C1CCCNCC1)OCCO2. The quantitative estimate of drug-likeness (QED) is 0.807. The Morgan fingerprint density at radius 1 is 1.00 bits per heavy atom. The molecule has 0 radical (unpaired) electrons. The summed E-state index contributed by atoms with van der Waals surface area (Å²) in [5.74, 6) is 2.48. The molecule has 0 spiro atoms. The fraction of sp³-hybridized carbons (Fsp3) is 0.571. The highest BCUT2D eigenvalue weighted by atomic mass is 16.6. The molecule has 0 amide bonds. The van der Waals surface area contributed by atoms with Crippen molar-refractivity contribution in [3.63, 3.8) is 0 Å². The summed E-state index contributed by atoms with van der Waals surface area (Å²) in [5, 5.41) is 3.45. The number of benzene rings is 1. The third kappa shape index (κ3) is 2.39. The molecule has 3 heteroatoms. The van der Waals surface area contributed by atoms with E-state index in [9.17, 15) is 0 Å². The molecule has 0 aromatic heterocycles. The molecular weight excluding hydrogens is 214 g/mol. The molecule has 92 valence electrons. The van der Waals surface area contributed by atoms with Gasteiger partial charge in [0.05, 0.1) is 0 Å². The monoisotopic (exact) mass is 233 g/mol. The molecule has 1 aromatic rings. The van der Waals surface area contributed by atoms with Gasteiger partial charge < -0.3 is 14.8 Å². The average Bonchev–Trinajstić information content (AvgIpc) is 2.67. The molecule has 2 heterocycles. The van der Waals surface area contributed by atoms with Crippen LogP contribution in [0.5, 0.6) is 11.5 Å². The number of rotatable bonds is 1. The molecule has 1 atom stereocenters. The molecule has 1 unspecified atom stereocenters. The van der Waals surface area contributed by atoms with E-state index in [1.807, 2.05) is 0 Å². The van der Waals surface area contributed by atoms with Gasteiger partial charge in [0.15, 0.2) is 11.5 Å². The average molecular weight is 233 g/mol. The van der Waals surface area contributed by atoms with Crippen molar-refractivity contribution in [2.45, 2.75) is 25.2 Å². The van der Waals surface area contributed by atoms with E-state index in [-0.39, 0.29) is 0 Å². The number of hydrogen-bond acceptors (Lipinski definition) is 3. The molecule has 3 nitrogen and oxygen atoms in total. The lowest BCUT2D eigenvalue weighted by Gasteiger charge is -2.21. The first kappa shape index (κ1) is 10.9. The Kier molecular flexibility index (Phi) is 3.18.